The predicted octanol–water partition coefficient (Wildman–Crippen LogP) is 1.78. The van der Waals surface area contributed by atoms with Gasteiger partial charge >= 0.3 is 0 Å². The first-order valence-corrected chi connectivity index (χ1v) is 10.7. The van der Waals surface area contributed by atoms with E-state index in [1.54, 1.807) is 0 Å². The van der Waals surface area contributed by atoms with Gasteiger partial charge in [-0.15, -0.1) is 0 Å². The van der Waals surface area contributed by atoms with Crippen molar-refractivity contribution in [1.82, 2.24) is 15.5 Å². The minimum atomic E-state index is 0.245. The van der Waals surface area contributed by atoms with Crippen LogP contribution in [0.1, 0.15) is 52.4 Å². The third kappa shape index (κ3) is 8.47. The lowest BCUT2D eigenvalue weighted by Crippen LogP contribution is -2.44. The lowest BCUT2D eigenvalue weighted by atomic mass is 10.0. The molecule has 0 aromatic rings. The van der Waals surface area contributed by atoms with E-state index in [0.717, 1.165) is 71.2 Å². The van der Waals surface area contributed by atoms with Crippen LogP contribution in [0.4, 0.5) is 0 Å². The topological polar surface area (TPSA) is 75.2 Å². The monoisotopic (exact) mass is 382 g/mol. The highest BCUT2D eigenvalue weighted by atomic mass is 16.5. The highest BCUT2D eigenvalue weighted by molar-refractivity contribution is 5.81. The fraction of sp³-hybridized carbons (Fsp3) is 0.900. The van der Waals surface area contributed by atoms with Gasteiger partial charge in [-0.3, -0.25) is 9.79 Å². The zero-order valence-corrected chi connectivity index (χ0v) is 17.2. The van der Waals surface area contributed by atoms with E-state index in [4.69, 9.17) is 9.47 Å². The number of rotatable bonds is 10. The molecule has 0 spiro atoms. The smallest absolute Gasteiger partial charge is 0.224 e. The van der Waals surface area contributed by atoms with E-state index in [9.17, 15) is 4.79 Å². The Morgan fingerprint density at radius 3 is 2.93 bits per heavy atom. The highest BCUT2D eigenvalue weighted by Crippen LogP contribution is 2.17. The van der Waals surface area contributed by atoms with Crippen LogP contribution in [0.15, 0.2) is 4.99 Å². The van der Waals surface area contributed by atoms with Gasteiger partial charge in [-0.1, -0.05) is 0 Å². The summed E-state index contributed by atoms with van der Waals surface area (Å²) in [6.45, 7) is 10.5. The number of carbonyl (C=O) groups excluding carboxylic acids is 1. The third-order valence-electron chi connectivity index (χ3n) is 5.19. The van der Waals surface area contributed by atoms with E-state index in [1.165, 1.54) is 6.42 Å². The Balaban J connectivity index is 1.58. The molecule has 2 saturated heterocycles. The maximum Gasteiger partial charge on any atom is 0.224 e. The summed E-state index contributed by atoms with van der Waals surface area (Å²) in [6, 6.07) is 0.379. The Morgan fingerprint density at radius 1 is 1.30 bits per heavy atom. The fourth-order valence-corrected chi connectivity index (χ4v) is 3.56. The Kier molecular flexibility index (Phi) is 10.5. The van der Waals surface area contributed by atoms with Crippen LogP contribution in [0.3, 0.4) is 0 Å². The predicted molar refractivity (Wildman–Crippen MR) is 108 cm³/mol. The molecule has 27 heavy (non-hydrogen) atoms. The van der Waals surface area contributed by atoms with Crippen molar-refractivity contribution in [2.24, 2.45) is 10.9 Å². The Hall–Kier alpha value is -1.34. The van der Waals surface area contributed by atoms with Crippen molar-refractivity contribution in [3.8, 4) is 0 Å². The minimum absolute atomic E-state index is 0.245. The van der Waals surface area contributed by atoms with Crippen molar-refractivity contribution in [2.75, 3.05) is 52.6 Å². The van der Waals surface area contributed by atoms with Crippen molar-refractivity contribution in [2.45, 2.75) is 58.4 Å². The van der Waals surface area contributed by atoms with Crippen LogP contribution in [-0.4, -0.2) is 75.4 Å². The summed E-state index contributed by atoms with van der Waals surface area (Å²) in [5.41, 5.74) is 0. The Labute approximate surface area is 164 Å². The van der Waals surface area contributed by atoms with Crippen LogP contribution in [0.2, 0.25) is 0 Å². The summed E-state index contributed by atoms with van der Waals surface area (Å²) >= 11 is 0. The number of hydrogen-bond donors (Lipinski definition) is 2. The van der Waals surface area contributed by atoms with Crippen LogP contribution in [0.5, 0.6) is 0 Å². The zero-order valence-electron chi connectivity index (χ0n) is 17.2. The fourth-order valence-electron chi connectivity index (χ4n) is 3.56. The first-order valence-electron chi connectivity index (χ1n) is 10.7. The normalized spacial score (nSPS) is 23.5. The van der Waals surface area contributed by atoms with Crippen LogP contribution in [0, 0.1) is 5.92 Å². The molecule has 1 amide bonds. The summed E-state index contributed by atoms with van der Waals surface area (Å²) in [7, 11) is 0. The van der Waals surface area contributed by atoms with E-state index in [-0.39, 0.29) is 5.91 Å². The first-order chi connectivity index (χ1) is 13.2. The van der Waals surface area contributed by atoms with Gasteiger partial charge in [-0.2, -0.15) is 0 Å². The van der Waals surface area contributed by atoms with Crippen molar-refractivity contribution in [3.05, 3.63) is 0 Å². The number of aliphatic imine (C=N–C) groups is 1. The summed E-state index contributed by atoms with van der Waals surface area (Å²) in [5, 5.41) is 6.51. The number of carbonyl (C=O) groups is 1. The van der Waals surface area contributed by atoms with E-state index < -0.39 is 0 Å². The van der Waals surface area contributed by atoms with E-state index in [2.05, 4.69) is 22.5 Å². The van der Waals surface area contributed by atoms with E-state index >= 15 is 0 Å². The lowest BCUT2D eigenvalue weighted by Gasteiger charge is -2.33. The SMILES string of the molecule is CCNC(=NCCCOCC1CCOC1)NCCC(=O)N1CCCCC1C. The average molecular weight is 383 g/mol. The number of ether oxygens (including phenoxy) is 2. The van der Waals surface area contributed by atoms with Gasteiger partial charge in [0.25, 0.3) is 0 Å². The molecule has 0 radical (unpaired) electrons. The van der Waals surface area contributed by atoms with E-state index in [0.29, 0.717) is 31.5 Å². The van der Waals surface area contributed by atoms with Gasteiger partial charge in [-0.05, 0) is 46.0 Å². The standard InChI is InChI=1S/C20H38N4O3/c1-3-21-20(22-10-6-13-26-15-18-9-14-27-16-18)23-11-8-19(25)24-12-5-4-7-17(24)2/h17-18H,3-16H2,1-2H3,(H2,21,22,23). The number of guanidine groups is 1. The molecular formula is C20H38N4O3. The third-order valence-corrected chi connectivity index (χ3v) is 5.19. The lowest BCUT2D eigenvalue weighted by molar-refractivity contribution is -0.134. The van der Waals surface area contributed by atoms with Gasteiger partial charge in [0, 0.05) is 57.8 Å². The molecule has 2 N–H and O–H groups in total. The molecule has 0 aromatic heterocycles. The summed E-state index contributed by atoms with van der Waals surface area (Å²) < 4.78 is 11.1. The Morgan fingerprint density at radius 2 is 2.19 bits per heavy atom. The molecule has 2 rings (SSSR count). The molecule has 2 fully saturated rings. The molecule has 156 valence electrons. The van der Waals surface area contributed by atoms with Gasteiger partial charge in [0.1, 0.15) is 0 Å². The first kappa shape index (κ1) is 22.0. The number of amides is 1. The van der Waals surface area contributed by atoms with Crippen LogP contribution >= 0.6 is 0 Å². The molecule has 0 aromatic carbocycles. The van der Waals surface area contributed by atoms with Crippen molar-refractivity contribution in [3.63, 3.8) is 0 Å². The minimum Gasteiger partial charge on any atom is -0.381 e. The number of piperidine rings is 1. The highest BCUT2D eigenvalue weighted by Gasteiger charge is 2.22. The average Bonchev–Trinajstić information content (AvgIpc) is 3.18. The molecule has 0 bridgehead atoms. The number of nitrogens with zero attached hydrogens (tertiary/aromatic N) is 2. The molecular weight excluding hydrogens is 344 g/mol. The van der Waals surface area contributed by atoms with Crippen LogP contribution < -0.4 is 10.6 Å². The molecule has 7 heteroatoms. The maximum absolute atomic E-state index is 12.4. The maximum atomic E-state index is 12.4. The molecule has 2 aliphatic rings. The molecule has 2 aliphatic heterocycles. The van der Waals surface area contributed by atoms with Crippen LogP contribution in [-0.2, 0) is 14.3 Å². The van der Waals surface area contributed by atoms with Gasteiger partial charge < -0.3 is 25.0 Å². The van der Waals surface area contributed by atoms with Crippen molar-refractivity contribution in [1.29, 1.82) is 0 Å². The number of nitrogens with one attached hydrogen (secondary N) is 2. The quantitative estimate of drug-likeness (QED) is 0.342. The molecule has 2 atom stereocenters. The number of hydrogen-bond acceptors (Lipinski definition) is 4. The second-order valence-corrected chi connectivity index (χ2v) is 7.53. The summed E-state index contributed by atoms with van der Waals surface area (Å²) in [4.78, 5) is 19.0. The van der Waals surface area contributed by atoms with Crippen molar-refractivity contribution >= 4 is 11.9 Å². The van der Waals surface area contributed by atoms with Gasteiger partial charge in [0.2, 0.25) is 5.91 Å². The largest absolute Gasteiger partial charge is 0.381 e. The molecule has 7 nitrogen and oxygen atoms in total. The second kappa shape index (κ2) is 12.9. The second-order valence-electron chi connectivity index (χ2n) is 7.53. The molecule has 2 unspecified atom stereocenters. The van der Waals surface area contributed by atoms with Gasteiger partial charge in [0.15, 0.2) is 5.96 Å². The molecule has 2 heterocycles. The zero-order chi connectivity index (χ0) is 19.3. The number of likely N-dealkylation sites (tertiary alicyclic amines) is 1. The Bertz CT molecular complexity index is 453. The van der Waals surface area contributed by atoms with Crippen LogP contribution in [0.25, 0.3) is 0 Å². The summed E-state index contributed by atoms with van der Waals surface area (Å²) in [5.74, 6) is 1.59. The molecule has 0 aliphatic carbocycles. The van der Waals surface area contributed by atoms with Crippen molar-refractivity contribution < 1.29 is 14.3 Å². The van der Waals surface area contributed by atoms with E-state index in [1.807, 2.05) is 11.8 Å². The van der Waals surface area contributed by atoms with Gasteiger partial charge in [-0.25, -0.2) is 0 Å². The van der Waals surface area contributed by atoms with Gasteiger partial charge in [0.05, 0.1) is 13.2 Å². The summed E-state index contributed by atoms with van der Waals surface area (Å²) in [6.07, 6.45) is 6.01. The molecule has 0 saturated carbocycles.